The molecule has 0 radical (unpaired) electrons. The van der Waals surface area contributed by atoms with Gasteiger partial charge in [-0.25, -0.2) is 16.8 Å². The molecule has 0 spiro atoms. The van der Waals surface area contributed by atoms with Crippen LogP contribution in [0.4, 0.5) is 10.1 Å². The number of halogens is 1. The van der Waals surface area contributed by atoms with Crippen molar-refractivity contribution in [1.29, 1.82) is 0 Å². The second kappa shape index (κ2) is 6.48. The summed E-state index contributed by atoms with van der Waals surface area (Å²) in [4.78, 5) is 15.9. The van der Waals surface area contributed by atoms with Crippen LogP contribution < -0.4 is 5.32 Å². The highest BCUT2D eigenvalue weighted by Crippen LogP contribution is 2.20. The minimum atomic E-state index is -3.87. The molecular weight excluding hydrogens is 345 g/mol. The van der Waals surface area contributed by atoms with Crippen LogP contribution in [0.25, 0.3) is 0 Å². The first-order valence-corrected chi connectivity index (χ1v) is 8.74. The zero-order valence-corrected chi connectivity index (χ0v) is 14.0. The Kier molecular flexibility index (Phi) is 4.37. The summed E-state index contributed by atoms with van der Waals surface area (Å²) in [5.74, 6) is -0.928. The average Bonchev–Trinajstić information content (AvgIpc) is 3.07. The largest absolute Gasteiger partial charge is 0.319 e. The molecule has 0 bridgehead atoms. The quantitative estimate of drug-likeness (QED) is 0.777. The molecule has 1 N–H and O–H groups in total. The van der Waals surface area contributed by atoms with Gasteiger partial charge in [-0.05, 0) is 48.9 Å². The molecule has 128 valence electrons. The molecule has 0 fully saturated rings. The van der Waals surface area contributed by atoms with Crippen molar-refractivity contribution in [2.24, 2.45) is 0 Å². The van der Waals surface area contributed by atoms with Crippen LogP contribution in [0, 0.1) is 12.7 Å². The molecule has 0 aliphatic heterocycles. The van der Waals surface area contributed by atoms with Crippen LogP contribution in [0.5, 0.6) is 0 Å². The molecule has 2 heterocycles. The minimum absolute atomic E-state index is 0.0374. The lowest BCUT2D eigenvalue weighted by Gasteiger charge is -2.07. The van der Waals surface area contributed by atoms with Gasteiger partial charge in [-0.15, -0.1) is 0 Å². The summed E-state index contributed by atoms with van der Waals surface area (Å²) in [5, 5.41) is 2.58. The monoisotopic (exact) mass is 359 g/mol. The van der Waals surface area contributed by atoms with Crippen molar-refractivity contribution < 1.29 is 17.6 Å². The molecule has 0 aliphatic carbocycles. The number of pyridine rings is 1. The van der Waals surface area contributed by atoms with Crippen LogP contribution in [-0.2, 0) is 10.0 Å². The maximum Gasteiger partial charge on any atom is 0.274 e. The van der Waals surface area contributed by atoms with E-state index < -0.39 is 21.7 Å². The number of anilines is 1. The number of hydrogen-bond acceptors (Lipinski definition) is 4. The molecule has 25 heavy (non-hydrogen) atoms. The Balaban J connectivity index is 1.85. The molecular formula is C17H14FN3O3S. The van der Waals surface area contributed by atoms with Gasteiger partial charge in [0.25, 0.3) is 15.9 Å². The second-order valence-corrected chi connectivity index (χ2v) is 7.16. The highest BCUT2D eigenvalue weighted by atomic mass is 32.2. The minimum Gasteiger partial charge on any atom is -0.319 e. The predicted octanol–water partition coefficient (Wildman–Crippen LogP) is 2.82. The Bertz CT molecular complexity index is 1030. The lowest BCUT2D eigenvalue weighted by molar-refractivity contribution is 0.102. The number of nitrogens with zero attached hydrogens (tertiary/aromatic N) is 2. The van der Waals surface area contributed by atoms with Crippen molar-refractivity contribution in [3.05, 3.63) is 78.1 Å². The first kappa shape index (κ1) is 16.8. The number of nitrogens with one attached hydrogen (secondary N) is 1. The third kappa shape index (κ3) is 3.43. The molecule has 1 aromatic carbocycles. The molecule has 0 saturated heterocycles. The van der Waals surface area contributed by atoms with E-state index in [-0.39, 0.29) is 16.2 Å². The topological polar surface area (TPSA) is 81.1 Å². The number of amides is 1. The number of aromatic nitrogens is 2. The maximum atomic E-state index is 13.3. The molecule has 0 atom stereocenters. The summed E-state index contributed by atoms with van der Waals surface area (Å²) in [5.41, 5.74) is 0.752. The van der Waals surface area contributed by atoms with Crippen LogP contribution >= 0.6 is 0 Å². The molecule has 3 aromatic rings. The van der Waals surface area contributed by atoms with Gasteiger partial charge in [0, 0.05) is 18.6 Å². The third-order valence-electron chi connectivity index (χ3n) is 3.53. The average molecular weight is 359 g/mol. The van der Waals surface area contributed by atoms with Gasteiger partial charge < -0.3 is 5.32 Å². The van der Waals surface area contributed by atoms with E-state index >= 15 is 0 Å². The zero-order valence-electron chi connectivity index (χ0n) is 13.2. The molecule has 0 aliphatic rings. The van der Waals surface area contributed by atoms with Crippen molar-refractivity contribution in [2.45, 2.75) is 11.8 Å². The number of hydrogen-bond donors (Lipinski definition) is 1. The first-order valence-electron chi connectivity index (χ1n) is 7.30. The summed E-state index contributed by atoms with van der Waals surface area (Å²) in [7, 11) is -3.87. The highest BCUT2D eigenvalue weighted by Gasteiger charge is 2.18. The molecule has 0 unspecified atom stereocenters. The van der Waals surface area contributed by atoms with E-state index in [2.05, 4.69) is 10.3 Å². The van der Waals surface area contributed by atoms with Gasteiger partial charge in [-0.1, -0.05) is 6.07 Å². The van der Waals surface area contributed by atoms with Gasteiger partial charge in [0.15, 0.2) is 0 Å². The third-order valence-corrected chi connectivity index (χ3v) is 5.16. The van der Waals surface area contributed by atoms with E-state index in [1.807, 2.05) is 0 Å². The fourth-order valence-electron chi connectivity index (χ4n) is 2.19. The lowest BCUT2D eigenvalue weighted by atomic mass is 10.2. The Labute approximate surface area is 144 Å². The normalized spacial score (nSPS) is 11.3. The fourth-order valence-corrected chi connectivity index (χ4v) is 3.47. The molecule has 1 amide bonds. The van der Waals surface area contributed by atoms with Crippen molar-refractivity contribution in [1.82, 2.24) is 8.96 Å². The standard InChI is InChI=1S/C17H14FN3O3S/c1-12-10-14(5-6-15(12)18)25(23,24)21-9-7-13(11-21)20-17(22)16-4-2-3-8-19-16/h2-11H,1H3,(H,20,22). The number of carbonyl (C=O) groups excluding carboxylic acids is 1. The van der Waals surface area contributed by atoms with Crippen LogP contribution in [-0.4, -0.2) is 23.3 Å². The summed E-state index contributed by atoms with van der Waals surface area (Å²) >= 11 is 0. The zero-order chi connectivity index (χ0) is 18.0. The van der Waals surface area contributed by atoms with Crippen LogP contribution in [0.1, 0.15) is 16.1 Å². The van der Waals surface area contributed by atoms with Crippen molar-refractivity contribution >= 4 is 21.6 Å². The van der Waals surface area contributed by atoms with Crippen LogP contribution in [0.3, 0.4) is 0 Å². The first-order chi connectivity index (χ1) is 11.9. The van der Waals surface area contributed by atoms with E-state index in [9.17, 15) is 17.6 Å². The van der Waals surface area contributed by atoms with E-state index in [0.29, 0.717) is 5.69 Å². The fraction of sp³-hybridized carbons (Fsp3) is 0.0588. The van der Waals surface area contributed by atoms with E-state index in [0.717, 1.165) is 10.0 Å². The van der Waals surface area contributed by atoms with Gasteiger partial charge in [-0.3, -0.25) is 9.78 Å². The summed E-state index contributed by atoms with van der Waals surface area (Å²) in [6.45, 7) is 1.49. The number of rotatable bonds is 4. The van der Waals surface area contributed by atoms with Crippen LogP contribution in [0.15, 0.2) is 66.0 Å². The van der Waals surface area contributed by atoms with Gasteiger partial charge >= 0.3 is 0 Å². The Morgan fingerprint density at radius 2 is 2.00 bits per heavy atom. The van der Waals surface area contributed by atoms with E-state index in [1.165, 1.54) is 43.7 Å². The Morgan fingerprint density at radius 3 is 2.68 bits per heavy atom. The number of carbonyl (C=O) groups is 1. The van der Waals surface area contributed by atoms with Crippen LogP contribution in [0.2, 0.25) is 0 Å². The van der Waals surface area contributed by atoms with Crippen molar-refractivity contribution in [3.8, 4) is 0 Å². The molecule has 2 aromatic heterocycles. The SMILES string of the molecule is Cc1cc(S(=O)(=O)n2ccc(NC(=O)c3ccccn3)c2)ccc1F. The molecule has 6 nitrogen and oxygen atoms in total. The summed E-state index contributed by atoms with van der Waals surface area (Å²) < 4.78 is 39.5. The molecule has 0 saturated carbocycles. The summed E-state index contributed by atoms with van der Waals surface area (Å²) in [6, 6.07) is 9.92. The maximum absolute atomic E-state index is 13.3. The van der Waals surface area contributed by atoms with Crippen molar-refractivity contribution in [2.75, 3.05) is 5.32 Å². The van der Waals surface area contributed by atoms with Crippen molar-refractivity contribution in [3.63, 3.8) is 0 Å². The smallest absolute Gasteiger partial charge is 0.274 e. The lowest BCUT2D eigenvalue weighted by Crippen LogP contribution is -2.14. The highest BCUT2D eigenvalue weighted by molar-refractivity contribution is 7.90. The van der Waals surface area contributed by atoms with Gasteiger partial charge in [0.2, 0.25) is 0 Å². The Hall–Kier alpha value is -3.00. The summed E-state index contributed by atoms with van der Waals surface area (Å²) in [6.07, 6.45) is 4.07. The Morgan fingerprint density at radius 1 is 1.20 bits per heavy atom. The van der Waals surface area contributed by atoms with E-state index in [4.69, 9.17) is 0 Å². The number of benzene rings is 1. The molecule has 8 heteroatoms. The van der Waals surface area contributed by atoms with Gasteiger partial charge in [0.1, 0.15) is 11.5 Å². The van der Waals surface area contributed by atoms with Gasteiger partial charge in [-0.2, -0.15) is 0 Å². The molecule has 3 rings (SSSR count). The van der Waals surface area contributed by atoms with Gasteiger partial charge in [0.05, 0.1) is 10.6 Å². The second-order valence-electron chi connectivity index (χ2n) is 5.32. The number of aryl methyl sites for hydroxylation is 1. The van der Waals surface area contributed by atoms with E-state index in [1.54, 1.807) is 18.2 Å². The predicted molar refractivity (Wildman–Crippen MR) is 90.3 cm³/mol.